The molecule has 2 atom stereocenters. The highest BCUT2D eigenvalue weighted by molar-refractivity contribution is 5.80. The van der Waals surface area contributed by atoms with Gasteiger partial charge in [0, 0.05) is 12.5 Å². The second-order valence-corrected chi connectivity index (χ2v) is 3.79. The van der Waals surface area contributed by atoms with Crippen LogP contribution in [-0.4, -0.2) is 47.7 Å². The van der Waals surface area contributed by atoms with Crippen molar-refractivity contribution in [1.29, 1.82) is 0 Å². The Hall–Kier alpha value is -1.10. The Bertz CT molecular complexity index is 254. The summed E-state index contributed by atoms with van der Waals surface area (Å²) in [4.78, 5) is 24.1. The summed E-state index contributed by atoms with van der Waals surface area (Å²) in [7, 11) is 0. The van der Waals surface area contributed by atoms with Crippen LogP contribution in [0.3, 0.4) is 0 Å². The molecule has 0 aromatic rings. The first-order chi connectivity index (χ1) is 7.06. The van der Waals surface area contributed by atoms with E-state index in [2.05, 4.69) is 0 Å². The summed E-state index contributed by atoms with van der Waals surface area (Å²) in [6, 6.07) is 0. The number of nitrogens with zero attached hydrogens (tertiary/aromatic N) is 1. The fourth-order valence-electron chi connectivity index (χ4n) is 1.49. The lowest BCUT2D eigenvalue weighted by Gasteiger charge is -2.32. The molecular weight excluding hydrogens is 198 g/mol. The van der Waals surface area contributed by atoms with Gasteiger partial charge in [0.15, 0.2) is 6.10 Å². The molecule has 1 rings (SSSR count). The molecule has 1 amide bonds. The second-order valence-electron chi connectivity index (χ2n) is 3.79. The van der Waals surface area contributed by atoms with E-state index in [4.69, 9.17) is 9.84 Å². The average molecular weight is 215 g/mol. The highest BCUT2D eigenvalue weighted by Gasteiger charge is 2.30. The number of ether oxygens (including phenoxy) is 1. The number of hydrogen-bond acceptors (Lipinski definition) is 3. The van der Waals surface area contributed by atoms with Crippen LogP contribution in [0.5, 0.6) is 0 Å². The van der Waals surface area contributed by atoms with Crippen molar-refractivity contribution in [3.05, 3.63) is 0 Å². The molecule has 5 nitrogen and oxygen atoms in total. The standard InChI is InChI=1S/C10H17NO4/c1-3-7(2)9(12)11-4-5-15-8(6-11)10(13)14/h7-8H,3-6H2,1-2H3,(H,13,14). The molecule has 86 valence electrons. The van der Waals surface area contributed by atoms with Gasteiger partial charge in [-0.3, -0.25) is 4.79 Å². The lowest BCUT2D eigenvalue weighted by molar-refractivity contribution is -0.160. The van der Waals surface area contributed by atoms with Crippen molar-refractivity contribution in [2.45, 2.75) is 26.4 Å². The summed E-state index contributed by atoms with van der Waals surface area (Å²) in [5.41, 5.74) is 0. The number of carboxylic acids is 1. The van der Waals surface area contributed by atoms with Gasteiger partial charge in [-0.2, -0.15) is 0 Å². The zero-order chi connectivity index (χ0) is 11.4. The third-order valence-corrected chi connectivity index (χ3v) is 2.69. The Morgan fingerprint density at radius 2 is 2.27 bits per heavy atom. The van der Waals surface area contributed by atoms with E-state index >= 15 is 0 Å². The quantitative estimate of drug-likeness (QED) is 0.737. The summed E-state index contributed by atoms with van der Waals surface area (Å²) >= 11 is 0. The van der Waals surface area contributed by atoms with E-state index in [9.17, 15) is 9.59 Å². The number of carbonyl (C=O) groups excluding carboxylic acids is 1. The van der Waals surface area contributed by atoms with Gasteiger partial charge in [-0.25, -0.2) is 4.79 Å². The van der Waals surface area contributed by atoms with E-state index in [-0.39, 0.29) is 18.4 Å². The highest BCUT2D eigenvalue weighted by Crippen LogP contribution is 2.11. The van der Waals surface area contributed by atoms with Crippen molar-refractivity contribution < 1.29 is 19.4 Å². The largest absolute Gasteiger partial charge is 0.479 e. The zero-order valence-corrected chi connectivity index (χ0v) is 9.10. The van der Waals surface area contributed by atoms with Crippen LogP contribution in [-0.2, 0) is 14.3 Å². The van der Waals surface area contributed by atoms with Crippen LogP contribution in [0.1, 0.15) is 20.3 Å². The lowest BCUT2D eigenvalue weighted by Crippen LogP contribution is -2.49. The van der Waals surface area contributed by atoms with E-state index in [1.54, 1.807) is 4.90 Å². The first kappa shape index (κ1) is 12.0. The number of rotatable bonds is 3. The SMILES string of the molecule is CCC(C)C(=O)N1CCOC(C(=O)O)C1. The number of carbonyl (C=O) groups is 2. The molecule has 0 aromatic carbocycles. The van der Waals surface area contributed by atoms with Crippen molar-refractivity contribution in [3.63, 3.8) is 0 Å². The molecule has 0 aliphatic carbocycles. The normalized spacial score (nSPS) is 23.6. The minimum Gasteiger partial charge on any atom is -0.479 e. The molecule has 0 radical (unpaired) electrons. The molecular formula is C10H17NO4. The maximum atomic E-state index is 11.8. The van der Waals surface area contributed by atoms with Crippen LogP contribution < -0.4 is 0 Å². The van der Waals surface area contributed by atoms with E-state index in [1.165, 1.54) is 0 Å². The molecule has 1 aliphatic rings. The van der Waals surface area contributed by atoms with Gasteiger partial charge in [-0.1, -0.05) is 13.8 Å². The van der Waals surface area contributed by atoms with Gasteiger partial charge in [-0.05, 0) is 6.42 Å². The molecule has 15 heavy (non-hydrogen) atoms. The molecule has 1 saturated heterocycles. The average Bonchev–Trinajstić information content (AvgIpc) is 2.27. The highest BCUT2D eigenvalue weighted by atomic mass is 16.5. The molecule has 0 aromatic heterocycles. The Balaban J connectivity index is 2.56. The van der Waals surface area contributed by atoms with Gasteiger partial charge in [0.25, 0.3) is 0 Å². The predicted octanol–water partition coefficient (Wildman–Crippen LogP) is 0.344. The number of morpholine rings is 1. The molecule has 0 bridgehead atoms. The molecule has 1 fully saturated rings. The van der Waals surface area contributed by atoms with E-state index in [1.807, 2.05) is 13.8 Å². The summed E-state index contributed by atoms with van der Waals surface area (Å²) in [5.74, 6) is -1.03. The number of amides is 1. The monoisotopic (exact) mass is 215 g/mol. The van der Waals surface area contributed by atoms with Crippen molar-refractivity contribution in [2.24, 2.45) is 5.92 Å². The third-order valence-electron chi connectivity index (χ3n) is 2.69. The third kappa shape index (κ3) is 2.92. The minimum atomic E-state index is -1.00. The van der Waals surface area contributed by atoms with Crippen LogP contribution in [0.15, 0.2) is 0 Å². The molecule has 1 N–H and O–H groups in total. The van der Waals surface area contributed by atoms with Crippen molar-refractivity contribution in [1.82, 2.24) is 4.90 Å². The summed E-state index contributed by atoms with van der Waals surface area (Å²) in [6.45, 7) is 4.76. The van der Waals surface area contributed by atoms with Crippen LogP contribution in [0.2, 0.25) is 0 Å². The molecule has 0 spiro atoms. The fourth-order valence-corrected chi connectivity index (χ4v) is 1.49. The van der Waals surface area contributed by atoms with Crippen molar-refractivity contribution in [2.75, 3.05) is 19.7 Å². The Labute approximate surface area is 89.0 Å². The van der Waals surface area contributed by atoms with E-state index in [0.29, 0.717) is 13.2 Å². The summed E-state index contributed by atoms with van der Waals surface area (Å²) < 4.78 is 5.04. The van der Waals surface area contributed by atoms with Gasteiger partial charge in [0.1, 0.15) is 0 Å². The Morgan fingerprint density at radius 3 is 2.80 bits per heavy atom. The van der Waals surface area contributed by atoms with Gasteiger partial charge in [0.2, 0.25) is 5.91 Å². The Kier molecular flexibility index (Phi) is 4.08. The van der Waals surface area contributed by atoms with Crippen molar-refractivity contribution >= 4 is 11.9 Å². The fraction of sp³-hybridized carbons (Fsp3) is 0.800. The maximum absolute atomic E-state index is 11.8. The van der Waals surface area contributed by atoms with Gasteiger partial charge < -0.3 is 14.7 Å². The van der Waals surface area contributed by atoms with E-state index < -0.39 is 12.1 Å². The molecule has 2 unspecified atom stereocenters. The topological polar surface area (TPSA) is 66.8 Å². The number of hydrogen-bond donors (Lipinski definition) is 1. The van der Waals surface area contributed by atoms with Gasteiger partial charge in [0.05, 0.1) is 13.2 Å². The second kappa shape index (κ2) is 5.11. The molecule has 5 heteroatoms. The first-order valence-corrected chi connectivity index (χ1v) is 5.19. The minimum absolute atomic E-state index is 0.0204. The van der Waals surface area contributed by atoms with E-state index in [0.717, 1.165) is 6.42 Å². The summed E-state index contributed by atoms with van der Waals surface area (Å²) in [6.07, 6.45) is -0.0970. The van der Waals surface area contributed by atoms with Crippen LogP contribution in [0.25, 0.3) is 0 Å². The summed E-state index contributed by atoms with van der Waals surface area (Å²) in [5, 5.41) is 8.77. The molecule has 0 saturated carbocycles. The number of carboxylic acid groups (broad SMARTS) is 1. The first-order valence-electron chi connectivity index (χ1n) is 5.19. The predicted molar refractivity (Wildman–Crippen MR) is 53.4 cm³/mol. The Morgan fingerprint density at radius 1 is 1.60 bits per heavy atom. The zero-order valence-electron chi connectivity index (χ0n) is 9.10. The lowest BCUT2D eigenvalue weighted by atomic mass is 10.1. The van der Waals surface area contributed by atoms with Crippen LogP contribution >= 0.6 is 0 Å². The number of aliphatic carboxylic acids is 1. The van der Waals surface area contributed by atoms with Gasteiger partial charge >= 0.3 is 5.97 Å². The van der Waals surface area contributed by atoms with Crippen LogP contribution in [0, 0.1) is 5.92 Å². The molecule has 1 aliphatic heterocycles. The van der Waals surface area contributed by atoms with Crippen LogP contribution in [0.4, 0.5) is 0 Å². The van der Waals surface area contributed by atoms with Crippen molar-refractivity contribution in [3.8, 4) is 0 Å². The smallest absolute Gasteiger partial charge is 0.334 e. The maximum Gasteiger partial charge on any atom is 0.334 e. The van der Waals surface area contributed by atoms with Gasteiger partial charge in [-0.15, -0.1) is 0 Å². The molecule has 1 heterocycles.